The molecule has 0 fully saturated rings. The lowest BCUT2D eigenvalue weighted by atomic mass is 10.1. The van der Waals surface area contributed by atoms with E-state index < -0.39 is 0 Å². The Kier molecular flexibility index (Phi) is 6.13. The third-order valence-electron chi connectivity index (χ3n) is 4.08. The normalized spacial score (nSPS) is 10.7. The minimum absolute atomic E-state index is 0.416. The van der Waals surface area contributed by atoms with E-state index in [0.29, 0.717) is 42.2 Å². The molecule has 0 spiro atoms. The number of anilines is 1. The molecule has 8 heteroatoms. The maximum absolute atomic E-state index is 6.45. The molecule has 1 aromatic heterocycles. The Morgan fingerprint density at radius 2 is 1.93 bits per heavy atom. The number of tetrazole rings is 1. The minimum atomic E-state index is 0.416. The standard InChI is InChI=1S/C19H22ClN5O2/c1-4-25-19(22-23-24-25)21-11-15-9-16(20)18(17(10-15)26-3)27-12-14-7-5-13(2)6-8-14/h5-10H,4,11-12H2,1-3H3,(H,21,22,24). The van der Waals surface area contributed by atoms with Crippen molar-refractivity contribution < 1.29 is 9.47 Å². The molecule has 1 heterocycles. The van der Waals surface area contributed by atoms with E-state index >= 15 is 0 Å². The first-order valence-electron chi connectivity index (χ1n) is 8.65. The van der Waals surface area contributed by atoms with Crippen molar-refractivity contribution in [2.75, 3.05) is 12.4 Å². The summed E-state index contributed by atoms with van der Waals surface area (Å²) in [5.41, 5.74) is 3.21. The fourth-order valence-electron chi connectivity index (χ4n) is 2.58. The van der Waals surface area contributed by atoms with Crippen molar-refractivity contribution in [3.05, 3.63) is 58.1 Å². The van der Waals surface area contributed by atoms with Crippen LogP contribution in [0.15, 0.2) is 36.4 Å². The van der Waals surface area contributed by atoms with Crippen LogP contribution in [-0.4, -0.2) is 27.3 Å². The topological polar surface area (TPSA) is 74.1 Å². The van der Waals surface area contributed by atoms with Crippen LogP contribution in [-0.2, 0) is 19.7 Å². The number of hydrogen-bond acceptors (Lipinski definition) is 6. The summed E-state index contributed by atoms with van der Waals surface area (Å²) in [6, 6.07) is 11.9. The fourth-order valence-corrected chi connectivity index (χ4v) is 2.87. The van der Waals surface area contributed by atoms with Gasteiger partial charge in [0.2, 0.25) is 5.95 Å². The van der Waals surface area contributed by atoms with Crippen molar-refractivity contribution in [1.29, 1.82) is 0 Å². The van der Waals surface area contributed by atoms with Crippen LogP contribution < -0.4 is 14.8 Å². The molecule has 1 N–H and O–H groups in total. The molecule has 2 aromatic carbocycles. The van der Waals surface area contributed by atoms with Crippen molar-refractivity contribution in [2.24, 2.45) is 0 Å². The number of aromatic nitrogens is 4. The van der Waals surface area contributed by atoms with Gasteiger partial charge < -0.3 is 14.8 Å². The van der Waals surface area contributed by atoms with Gasteiger partial charge in [-0.25, -0.2) is 4.68 Å². The highest BCUT2D eigenvalue weighted by molar-refractivity contribution is 6.32. The predicted octanol–water partition coefficient (Wildman–Crippen LogP) is 3.85. The van der Waals surface area contributed by atoms with Gasteiger partial charge >= 0.3 is 0 Å². The fraction of sp³-hybridized carbons (Fsp3) is 0.316. The number of halogens is 1. The third-order valence-corrected chi connectivity index (χ3v) is 4.36. The Hall–Kier alpha value is -2.80. The average molecular weight is 388 g/mol. The van der Waals surface area contributed by atoms with Crippen LogP contribution in [0.4, 0.5) is 5.95 Å². The van der Waals surface area contributed by atoms with Gasteiger partial charge in [-0.2, -0.15) is 0 Å². The van der Waals surface area contributed by atoms with E-state index in [4.69, 9.17) is 21.1 Å². The molecule has 3 rings (SSSR count). The third kappa shape index (κ3) is 4.68. The van der Waals surface area contributed by atoms with Crippen molar-refractivity contribution in [1.82, 2.24) is 20.2 Å². The number of nitrogens with zero attached hydrogens (tertiary/aromatic N) is 4. The van der Waals surface area contributed by atoms with Crippen molar-refractivity contribution in [2.45, 2.75) is 33.5 Å². The van der Waals surface area contributed by atoms with Crippen LogP contribution in [0.1, 0.15) is 23.6 Å². The lowest BCUT2D eigenvalue weighted by molar-refractivity contribution is 0.284. The smallest absolute Gasteiger partial charge is 0.243 e. The van der Waals surface area contributed by atoms with Crippen LogP contribution in [0.3, 0.4) is 0 Å². The van der Waals surface area contributed by atoms with Crippen molar-refractivity contribution in [3.63, 3.8) is 0 Å². The van der Waals surface area contributed by atoms with Gasteiger partial charge in [-0.1, -0.05) is 46.5 Å². The zero-order chi connectivity index (χ0) is 19.2. The molecule has 0 saturated carbocycles. The average Bonchev–Trinajstić information content (AvgIpc) is 3.14. The number of aryl methyl sites for hydroxylation is 2. The summed E-state index contributed by atoms with van der Waals surface area (Å²) in [5.74, 6) is 1.72. The zero-order valence-corrected chi connectivity index (χ0v) is 16.3. The molecule has 0 radical (unpaired) electrons. The van der Waals surface area contributed by atoms with Crippen LogP contribution in [0.2, 0.25) is 5.02 Å². The van der Waals surface area contributed by atoms with E-state index in [1.165, 1.54) is 5.56 Å². The summed E-state index contributed by atoms with van der Waals surface area (Å²) in [6.07, 6.45) is 0. The summed E-state index contributed by atoms with van der Waals surface area (Å²) >= 11 is 6.45. The molecule has 0 aliphatic carbocycles. The highest BCUT2D eigenvalue weighted by Crippen LogP contribution is 2.37. The van der Waals surface area contributed by atoms with E-state index in [-0.39, 0.29) is 0 Å². The molecule has 0 amide bonds. The second-order valence-electron chi connectivity index (χ2n) is 6.06. The molecule has 0 unspecified atom stereocenters. The maximum atomic E-state index is 6.45. The van der Waals surface area contributed by atoms with Gasteiger partial charge in [0.25, 0.3) is 0 Å². The number of hydrogen-bond donors (Lipinski definition) is 1. The maximum Gasteiger partial charge on any atom is 0.243 e. The Morgan fingerprint density at radius 3 is 2.63 bits per heavy atom. The number of methoxy groups -OCH3 is 1. The number of ether oxygens (including phenoxy) is 2. The van der Waals surface area contributed by atoms with E-state index in [1.54, 1.807) is 11.8 Å². The van der Waals surface area contributed by atoms with Crippen molar-refractivity contribution in [3.8, 4) is 11.5 Å². The molecule has 0 atom stereocenters. The quantitative estimate of drug-likeness (QED) is 0.632. The summed E-state index contributed by atoms with van der Waals surface area (Å²) in [4.78, 5) is 0. The first-order valence-corrected chi connectivity index (χ1v) is 9.03. The van der Waals surface area contributed by atoms with Crippen LogP contribution >= 0.6 is 11.6 Å². The minimum Gasteiger partial charge on any atom is -0.493 e. The molecule has 0 saturated heterocycles. The second kappa shape index (κ2) is 8.73. The molecule has 0 bridgehead atoms. The largest absolute Gasteiger partial charge is 0.493 e. The predicted molar refractivity (Wildman–Crippen MR) is 104 cm³/mol. The second-order valence-corrected chi connectivity index (χ2v) is 6.46. The van der Waals surface area contributed by atoms with Crippen molar-refractivity contribution >= 4 is 17.5 Å². The lowest BCUT2D eigenvalue weighted by Gasteiger charge is -2.15. The molecule has 142 valence electrons. The summed E-state index contributed by atoms with van der Waals surface area (Å²) in [5, 5.41) is 15.2. The highest BCUT2D eigenvalue weighted by atomic mass is 35.5. The van der Waals surface area contributed by atoms with Crippen LogP contribution in [0, 0.1) is 6.92 Å². The summed E-state index contributed by atoms with van der Waals surface area (Å²) in [6.45, 7) is 5.64. The Balaban J connectivity index is 1.71. The number of rotatable bonds is 8. The lowest BCUT2D eigenvalue weighted by Crippen LogP contribution is -2.08. The van der Waals surface area contributed by atoms with Gasteiger partial charge in [0, 0.05) is 13.1 Å². The van der Waals surface area contributed by atoms with Gasteiger partial charge in [0.05, 0.1) is 12.1 Å². The van der Waals surface area contributed by atoms with Crippen LogP contribution in [0.5, 0.6) is 11.5 Å². The molecule has 0 aliphatic heterocycles. The van der Waals surface area contributed by atoms with Gasteiger partial charge in [-0.15, -0.1) is 0 Å². The van der Waals surface area contributed by atoms with Gasteiger partial charge in [-0.05, 0) is 47.5 Å². The molecule has 3 aromatic rings. The number of benzene rings is 2. The van der Waals surface area contributed by atoms with E-state index in [1.807, 2.05) is 31.2 Å². The SMILES string of the molecule is CCn1nnnc1NCc1cc(Cl)c(OCc2ccc(C)cc2)c(OC)c1. The van der Waals surface area contributed by atoms with E-state index in [9.17, 15) is 0 Å². The van der Waals surface area contributed by atoms with Gasteiger partial charge in [0.1, 0.15) is 6.61 Å². The molecule has 0 aliphatic rings. The summed E-state index contributed by atoms with van der Waals surface area (Å²) < 4.78 is 13.1. The Labute approximate surface area is 163 Å². The molecule has 27 heavy (non-hydrogen) atoms. The monoisotopic (exact) mass is 387 g/mol. The summed E-state index contributed by atoms with van der Waals surface area (Å²) in [7, 11) is 1.60. The zero-order valence-electron chi connectivity index (χ0n) is 15.6. The Morgan fingerprint density at radius 1 is 1.15 bits per heavy atom. The van der Waals surface area contributed by atoms with E-state index in [0.717, 1.165) is 11.1 Å². The Bertz CT molecular complexity index is 896. The molecular formula is C19H22ClN5O2. The molecular weight excluding hydrogens is 366 g/mol. The highest BCUT2D eigenvalue weighted by Gasteiger charge is 2.13. The first kappa shape index (κ1) is 19.0. The number of nitrogens with one attached hydrogen (secondary N) is 1. The van der Waals surface area contributed by atoms with Gasteiger partial charge in [-0.3, -0.25) is 0 Å². The van der Waals surface area contributed by atoms with Gasteiger partial charge in [0.15, 0.2) is 11.5 Å². The molecule has 7 nitrogen and oxygen atoms in total. The van der Waals surface area contributed by atoms with Crippen LogP contribution in [0.25, 0.3) is 0 Å². The first-order chi connectivity index (χ1) is 13.1. The van der Waals surface area contributed by atoms with E-state index in [2.05, 4.69) is 39.9 Å².